The van der Waals surface area contributed by atoms with Crippen molar-refractivity contribution < 1.29 is 4.79 Å². The van der Waals surface area contributed by atoms with E-state index in [4.69, 9.17) is 0 Å². The zero-order valence-corrected chi connectivity index (χ0v) is 17.4. The largest absolute Gasteiger partial charge is 0.340 e. The quantitative estimate of drug-likeness (QED) is 0.567. The number of amides is 1. The number of rotatable bonds is 7. The number of hydrogen-bond donors (Lipinski definition) is 0. The van der Waals surface area contributed by atoms with E-state index in [1.807, 2.05) is 56.4 Å². The maximum atomic E-state index is 12.8. The second-order valence-electron chi connectivity index (χ2n) is 7.06. The maximum absolute atomic E-state index is 12.8. The Hall–Kier alpha value is -2.67. The fourth-order valence-corrected chi connectivity index (χ4v) is 3.79. The van der Waals surface area contributed by atoms with Crippen LogP contribution in [0.4, 0.5) is 0 Å². The number of tetrazole rings is 1. The molecule has 28 heavy (non-hydrogen) atoms. The van der Waals surface area contributed by atoms with Crippen LogP contribution in [0.2, 0.25) is 0 Å². The molecule has 7 heteroatoms. The van der Waals surface area contributed by atoms with E-state index < -0.39 is 0 Å². The normalized spacial score (nSPS) is 12.2. The second-order valence-corrected chi connectivity index (χ2v) is 8.37. The fraction of sp³-hybridized carbons (Fsp3) is 0.333. The van der Waals surface area contributed by atoms with E-state index in [1.165, 1.54) is 17.3 Å². The van der Waals surface area contributed by atoms with E-state index in [0.29, 0.717) is 17.6 Å². The Balaban J connectivity index is 1.68. The number of benzene rings is 2. The van der Waals surface area contributed by atoms with Crippen LogP contribution in [0.1, 0.15) is 37.8 Å². The molecule has 1 atom stereocenters. The molecule has 1 heterocycles. The van der Waals surface area contributed by atoms with Gasteiger partial charge < -0.3 is 4.90 Å². The molecule has 0 aliphatic rings. The predicted octanol–water partition coefficient (Wildman–Crippen LogP) is 3.92. The third kappa shape index (κ3) is 4.78. The third-order valence-electron chi connectivity index (χ3n) is 4.51. The first kappa shape index (κ1) is 20.1. The van der Waals surface area contributed by atoms with Crippen LogP contribution in [0.5, 0.6) is 0 Å². The summed E-state index contributed by atoms with van der Waals surface area (Å²) in [6, 6.07) is 18.1. The van der Waals surface area contributed by atoms with Crippen LogP contribution >= 0.6 is 11.8 Å². The molecule has 0 aliphatic carbocycles. The van der Waals surface area contributed by atoms with Gasteiger partial charge in [0.2, 0.25) is 11.1 Å². The predicted molar refractivity (Wildman–Crippen MR) is 111 cm³/mol. The highest BCUT2D eigenvalue weighted by Crippen LogP contribution is 2.25. The highest BCUT2D eigenvalue weighted by Gasteiger charge is 2.22. The molecule has 0 bridgehead atoms. The number of nitrogens with zero attached hydrogens (tertiary/aromatic N) is 5. The number of hydrogen-bond acceptors (Lipinski definition) is 5. The molecule has 6 nitrogen and oxygen atoms in total. The van der Waals surface area contributed by atoms with Crippen molar-refractivity contribution in [1.82, 2.24) is 25.1 Å². The number of aromatic nitrogens is 4. The van der Waals surface area contributed by atoms with Crippen LogP contribution in [0.25, 0.3) is 5.69 Å². The molecule has 1 amide bonds. The van der Waals surface area contributed by atoms with Crippen molar-refractivity contribution in [2.75, 3.05) is 7.05 Å². The molecule has 0 radical (unpaired) electrons. The molecule has 3 aromatic rings. The average molecular weight is 396 g/mol. The van der Waals surface area contributed by atoms with Crippen molar-refractivity contribution in [1.29, 1.82) is 0 Å². The Morgan fingerprint density at radius 3 is 2.39 bits per heavy atom. The Kier molecular flexibility index (Phi) is 6.46. The minimum absolute atomic E-state index is 0.0403. The van der Waals surface area contributed by atoms with Gasteiger partial charge in [0, 0.05) is 13.6 Å². The van der Waals surface area contributed by atoms with E-state index in [9.17, 15) is 4.79 Å². The number of carbonyl (C=O) groups is 1. The molecule has 3 rings (SSSR count). The van der Waals surface area contributed by atoms with E-state index in [2.05, 4.69) is 41.5 Å². The summed E-state index contributed by atoms with van der Waals surface area (Å²) in [5.41, 5.74) is 3.25. The molecule has 0 fully saturated rings. The van der Waals surface area contributed by atoms with Crippen LogP contribution in [-0.2, 0) is 11.3 Å². The minimum atomic E-state index is -0.298. The van der Waals surface area contributed by atoms with Gasteiger partial charge in [-0.05, 0) is 46.5 Å². The Bertz CT molecular complexity index is 908. The molecule has 146 valence electrons. The zero-order valence-electron chi connectivity index (χ0n) is 16.6. The SMILES string of the molecule is CC(C)c1ccc(-n2nnnc2S[C@H](C)C(=O)N(C)Cc2ccccc2)cc1. The monoisotopic (exact) mass is 395 g/mol. The first-order chi connectivity index (χ1) is 13.5. The lowest BCUT2D eigenvalue weighted by molar-refractivity contribution is -0.129. The van der Waals surface area contributed by atoms with E-state index in [0.717, 1.165) is 11.3 Å². The lowest BCUT2D eigenvalue weighted by Crippen LogP contribution is -2.32. The highest BCUT2D eigenvalue weighted by atomic mass is 32.2. The van der Waals surface area contributed by atoms with Crippen molar-refractivity contribution in [3.63, 3.8) is 0 Å². The topological polar surface area (TPSA) is 63.9 Å². The Morgan fingerprint density at radius 2 is 1.75 bits per heavy atom. The molecule has 0 saturated heterocycles. The summed E-state index contributed by atoms with van der Waals surface area (Å²) in [6.07, 6.45) is 0. The lowest BCUT2D eigenvalue weighted by atomic mass is 10.0. The number of carbonyl (C=O) groups excluding carboxylic acids is 1. The van der Waals surface area contributed by atoms with Gasteiger partial charge in [0.25, 0.3) is 0 Å². The van der Waals surface area contributed by atoms with Gasteiger partial charge in [-0.25, -0.2) is 0 Å². The van der Waals surface area contributed by atoms with Crippen LogP contribution in [-0.4, -0.2) is 43.3 Å². The maximum Gasteiger partial charge on any atom is 0.235 e. The minimum Gasteiger partial charge on any atom is -0.340 e. The van der Waals surface area contributed by atoms with Crippen molar-refractivity contribution in [3.8, 4) is 5.69 Å². The van der Waals surface area contributed by atoms with Crippen molar-refractivity contribution >= 4 is 17.7 Å². The molecule has 0 saturated carbocycles. The van der Waals surface area contributed by atoms with Gasteiger partial charge in [-0.2, -0.15) is 4.68 Å². The van der Waals surface area contributed by atoms with Gasteiger partial charge in [0.05, 0.1) is 10.9 Å². The average Bonchev–Trinajstić information content (AvgIpc) is 3.16. The van der Waals surface area contributed by atoms with Crippen LogP contribution in [0.3, 0.4) is 0 Å². The van der Waals surface area contributed by atoms with Crippen molar-refractivity contribution in [3.05, 3.63) is 65.7 Å². The van der Waals surface area contributed by atoms with Crippen molar-refractivity contribution in [2.24, 2.45) is 0 Å². The molecular formula is C21H25N5OS. The summed E-state index contributed by atoms with van der Waals surface area (Å²) in [6.45, 7) is 6.78. The third-order valence-corrected chi connectivity index (χ3v) is 5.53. The smallest absolute Gasteiger partial charge is 0.235 e. The summed E-state index contributed by atoms with van der Waals surface area (Å²) in [5.74, 6) is 0.508. The van der Waals surface area contributed by atoms with E-state index in [-0.39, 0.29) is 11.2 Å². The van der Waals surface area contributed by atoms with Gasteiger partial charge in [0.1, 0.15) is 0 Å². The van der Waals surface area contributed by atoms with Gasteiger partial charge >= 0.3 is 0 Å². The summed E-state index contributed by atoms with van der Waals surface area (Å²) >= 11 is 1.36. The molecule has 0 unspecified atom stereocenters. The summed E-state index contributed by atoms with van der Waals surface area (Å²) in [4.78, 5) is 14.5. The molecule has 0 N–H and O–H groups in total. The Morgan fingerprint density at radius 1 is 1.07 bits per heavy atom. The van der Waals surface area contributed by atoms with Gasteiger partial charge in [0.15, 0.2) is 0 Å². The van der Waals surface area contributed by atoms with Crippen LogP contribution in [0, 0.1) is 0 Å². The van der Waals surface area contributed by atoms with Gasteiger partial charge in [-0.1, -0.05) is 68.1 Å². The summed E-state index contributed by atoms with van der Waals surface area (Å²) in [5, 5.41) is 12.3. The molecule has 2 aromatic carbocycles. The second kappa shape index (κ2) is 9.01. The molecular weight excluding hydrogens is 370 g/mol. The molecule has 0 aliphatic heterocycles. The lowest BCUT2D eigenvalue weighted by Gasteiger charge is -2.21. The van der Waals surface area contributed by atoms with Crippen LogP contribution < -0.4 is 0 Å². The van der Waals surface area contributed by atoms with E-state index >= 15 is 0 Å². The number of thioether (sulfide) groups is 1. The first-order valence-electron chi connectivity index (χ1n) is 9.30. The van der Waals surface area contributed by atoms with Gasteiger partial charge in [-0.15, -0.1) is 5.10 Å². The summed E-state index contributed by atoms with van der Waals surface area (Å²) < 4.78 is 1.68. The fourth-order valence-electron chi connectivity index (χ4n) is 2.87. The van der Waals surface area contributed by atoms with Gasteiger partial charge in [-0.3, -0.25) is 4.79 Å². The Labute approximate surface area is 169 Å². The summed E-state index contributed by atoms with van der Waals surface area (Å²) in [7, 11) is 1.82. The first-order valence-corrected chi connectivity index (χ1v) is 10.2. The van der Waals surface area contributed by atoms with Crippen molar-refractivity contribution in [2.45, 2.75) is 43.6 Å². The van der Waals surface area contributed by atoms with Crippen LogP contribution in [0.15, 0.2) is 59.8 Å². The zero-order chi connectivity index (χ0) is 20.1. The standard InChI is InChI=1S/C21H25N5OS/c1-15(2)18-10-12-19(13-11-18)26-21(22-23-24-26)28-16(3)20(27)25(4)14-17-8-6-5-7-9-17/h5-13,15-16H,14H2,1-4H3/t16-/m1/s1. The molecule has 1 aromatic heterocycles. The highest BCUT2D eigenvalue weighted by molar-refractivity contribution is 8.00. The molecule has 0 spiro atoms. The van der Waals surface area contributed by atoms with E-state index in [1.54, 1.807) is 9.58 Å².